The monoisotopic (exact) mass is 785 g/mol. The molecule has 5 nitrogen and oxygen atoms in total. The highest BCUT2D eigenvalue weighted by molar-refractivity contribution is 6.06. The Labute approximate surface area is 353 Å². The van der Waals surface area contributed by atoms with Crippen LogP contribution in [0.3, 0.4) is 0 Å². The fourth-order valence-corrected chi connectivity index (χ4v) is 9.39. The second-order valence-electron chi connectivity index (χ2n) is 16.4. The Morgan fingerprint density at radius 1 is 0.393 bits per heavy atom. The van der Waals surface area contributed by atoms with Gasteiger partial charge in [-0.15, -0.1) is 0 Å². The van der Waals surface area contributed by atoms with Crippen molar-refractivity contribution in [1.82, 2.24) is 4.98 Å². The quantitative estimate of drug-likeness (QED) is 0.161. The number of rotatable bonds is 7. The molecule has 9 aromatic carbocycles. The summed E-state index contributed by atoms with van der Waals surface area (Å²) in [6, 6.07) is 70.7. The smallest absolute Gasteiger partial charge is 0.227 e. The molecule has 0 radical (unpaired) electrons. The number of benzene rings is 9. The zero-order chi connectivity index (χ0) is 40.7. The van der Waals surface area contributed by atoms with Gasteiger partial charge in [0.05, 0.1) is 0 Å². The number of fused-ring (bicyclic) bond motifs is 8. The Hall–Kier alpha value is -7.89. The third-order valence-corrected chi connectivity index (χ3v) is 12.4. The van der Waals surface area contributed by atoms with Gasteiger partial charge in [-0.05, 0) is 148 Å². The molecule has 0 saturated heterocycles. The predicted molar refractivity (Wildman–Crippen MR) is 251 cm³/mol. The van der Waals surface area contributed by atoms with Crippen molar-refractivity contribution in [2.75, 3.05) is 9.80 Å². The van der Waals surface area contributed by atoms with Gasteiger partial charge in [0.1, 0.15) is 16.7 Å². The van der Waals surface area contributed by atoms with Gasteiger partial charge in [0.2, 0.25) is 5.89 Å². The molecule has 0 spiro atoms. The van der Waals surface area contributed by atoms with Gasteiger partial charge in [-0.25, -0.2) is 4.98 Å². The molecule has 0 bridgehead atoms. The summed E-state index contributed by atoms with van der Waals surface area (Å²) < 4.78 is 12.9. The molecule has 11 aromatic rings. The zero-order valence-electron chi connectivity index (χ0n) is 33.7. The lowest BCUT2D eigenvalue weighted by Crippen LogP contribution is -2.14. The molecule has 5 heteroatoms. The first-order valence-corrected chi connectivity index (χ1v) is 20.8. The van der Waals surface area contributed by atoms with Crippen molar-refractivity contribution in [3.8, 4) is 22.6 Å². The highest BCUT2D eigenvalue weighted by Crippen LogP contribution is 2.51. The minimum Gasteiger partial charge on any atom is -0.456 e. The van der Waals surface area contributed by atoms with Gasteiger partial charge in [-0.3, -0.25) is 0 Å². The molecule has 1 aliphatic carbocycles. The van der Waals surface area contributed by atoms with E-state index in [1.165, 1.54) is 33.0 Å². The molecule has 2 heterocycles. The largest absolute Gasteiger partial charge is 0.456 e. The minimum absolute atomic E-state index is 0.157. The number of hydrogen-bond acceptors (Lipinski definition) is 5. The lowest BCUT2D eigenvalue weighted by molar-refractivity contribution is 0.619. The molecule has 0 amide bonds. The summed E-state index contributed by atoms with van der Waals surface area (Å²) in [7, 11) is 0. The van der Waals surface area contributed by atoms with Gasteiger partial charge in [0, 0.05) is 55.9 Å². The van der Waals surface area contributed by atoms with Crippen LogP contribution >= 0.6 is 0 Å². The molecular formula is C56H39N3O2. The number of aromatic nitrogens is 1. The average molecular weight is 786 g/mol. The maximum absolute atomic E-state index is 6.59. The molecule has 0 fully saturated rings. The highest BCUT2D eigenvalue weighted by atomic mass is 16.3. The first-order valence-electron chi connectivity index (χ1n) is 20.8. The third-order valence-electron chi connectivity index (χ3n) is 12.4. The van der Waals surface area contributed by atoms with Crippen LogP contribution in [0.1, 0.15) is 25.0 Å². The topological polar surface area (TPSA) is 45.7 Å². The number of oxazole rings is 1. The van der Waals surface area contributed by atoms with Crippen LogP contribution in [0.4, 0.5) is 34.1 Å². The van der Waals surface area contributed by atoms with E-state index in [0.29, 0.717) is 5.89 Å². The number of anilines is 6. The molecule has 12 rings (SSSR count). The standard InChI is InChI=1S/C56H39N3O2/c1-56(2)49-31-38-15-10-9-14-37(38)30-46(49)47-34-54-51(35-50(47)56)57-55(61-54)36-24-26-41(27-25-36)59(44-28-29-53-48(33-44)45-22-11-12-23-52(45)60-53)43-21-13-20-42(32-43)58(39-16-5-3-6-17-39)40-18-7-4-8-19-40/h3-35H,1-2H3. The second-order valence-corrected chi connectivity index (χ2v) is 16.4. The van der Waals surface area contributed by atoms with E-state index in [9.17, 15) is 0 Å². The van der Waals surface area contributed by atoms with E-state index < -0.39 is 0 Å². The summed E-state index contributed by atoms with van der Waals surface area (Å²) >= 11 is 0. The fraction of sp³-hybridized carbons (Fsp3) is 0.0536. The molecule has 0 unspecified atom stereocenters. The second kappa shape index (κ2) is 13.6. The van der Waals surface area contributed by atoms with Crippen LogP contribution in [-0.2, 0) is 5.41 Å². The molecule has 0 saturated carbocycles. The van der Waals surface area contributed by atoms with E-state index >= 15 is 0 Å². The molecule has 0 aliphatic heterocycles. The average Bonchev–Trinajstić information content (AvgIpc) is 3.96. The fourth-order valence-electron chi connectivity index (χ4n) is 9.39. The normalized spacial score (nSPS) is 12.9. The maximum Gasteiger partial charge on any atom is 0.227 e. The Morgan fingerprint density at radius 2 is 0.934 bits per heavy atom. The van der Waals surface area contributed by atoms with E-state index in [4.69, 9.17) is 13.8 Å². The number of para-hydroxylation sites is 3. The van der Waals surface area contributed by atoms with Crippen LogP contribution in [0.15, 0.2) is 209 Å². The summed E-state index contributed by atoms with van der Waals surface area (Å²) in [6.07, 6.45) is 0. The lowest BCUT2D eigenvalue weighted by atomic mass is 9.82. The van der Waals surface area contributed by atoms with Gasteiger partial charge < -0.3 is 18.6 Å². The van der Waals surface area contributed by atoms with Crippen LogP contribution in [0.2, 0.25) is 0 Å². The molecular weight excluding hydrogens is 747 g/mol. The Balaban J connectivity index is 0.962. The Kier molecular flexibility index (Phi) is 7.81. The van der Waals surface area contributed by atoms with Crippen molar-refractivity contribution in [2.24, 2.45) is 0 Å². The minimum atomic E-state index is -0.157. The van der Waals surface area contributed by atoms with Crippen molar-refractivity contribution >= 4 is 77.9 Å². The number of nitrogens with zero attached hydrogens (tertiary/aromatic N) is 3. The highest BCUT2D eigenvalue weighted by Gasteiger charge is 2.36. The van der Waals surface area contributed by atoms with E-state index in [1.807, 2.05) is 12.1 Å². The summed E-state index contributed by atoms with van der Waals surface area (Å²) in [6.45, 7) is 4.63. The van der Waals surface area contributed by atoms with Crippen LogP contribution < -0.4 is 9.80 Å². The van der Waals surface area contributed by atoms with E-state index in [0.717, 1.165) is 72.7 Å². The van der Waals surface area contributed by atoms with Crippen molar-refractivity contribution in [3.05, 3.63) is 211 Å². The predicted octanol–water partition coefficient (Wildman–Crippen LogP) is 15.8. The molecule has 2 aromatic heterocycles. The van der Waals surface area contributed by atoms with E-state index in [1.54, 1.807) is 0 Å². The van der Waals surface area contributed by atoms with Crippen molar-refractivity contribution in [3.63, 3.8) is 0 Å². The summed E-state index contributed by atoms with van der Waals surface area (Å²) in [5.41, 5.74) is 15.5. The van der Waals surface area contributed by atoms with Crippen molar-refractivity contribution < 1.29 is 8.83 Å². The first kappa shape index (κ1) is 35.1. The van der Waals surface area contributed by atoms with Crippen molar-refractivity contribution in [1.29, 1.82) is 0 Å². The van der Waals surface area contributed by atoms with Gasteiger partial charge in [0.25, 0.3) is 0 Å². The van der Waals surface area contributed by atoms with Crippen LogP contribution in [0.5, 0.6) is 0 Å². The third kappa shape index (κ3) is 5.73. The van der Waals surface area contributed by atoms with Gasteiger partial charge in [0.15, 0.2) is 5.58 Å². The maximum atomic E-state index is 6.59. The Morgan fingerprint density at radius 3 is 1.67 bits per heavy atom. The molecule has 1 aliphatic rings. The molecule has 0 atom stereocenters. The number of furan rings is 1. The van der Waals surface area contributed by atoms with Crippen LogP contribution in [0, 0.1) is 0 Å². The summed E-state index contributed by atoms with van der Waals surface area (Å²) in [4.78, 5) is 9.69. The van der Waals surface area contributed by atoms with Crippen LogP contribution in [0.25, 0.3) is 66.4 Å². The summed E-state index contributed by atoms with van der Waals surface area (Å²) in [5.74, 6) is 0.600. The first-order chi connectivity index (χ1) is 30.0. The van der Waals surface area contributed by atoms with Gasteiger partial charge >= 0.3 is 0 Å². The lowest BCUT2D eigenvalue weighted by Gasteiger charge is -2.29. The SMILES string of the molecule is CC1(C)c2cc3ccccc3cc2-c2cc3oc(-c4ccc(N(c5cccc(N(c6ccccc6)c6ccccc6)c5)c5ccc6oc7ccccc7c6c5)cc4)nc3cc21. The summed E-state index contributed by atoms with van der Waals surface area (Å²) in [5, 5.41) is 4.66. The van der Waals surface area contributed by atoms with E-state index in [-0.39, 0.29) is 5.41 Å². The van der Waals surface area contributed by atoms with Gasteiger partial charge in [-0.1, -0.05) is 98.8 Å². The molecule has 0 N–H and O–H groups in total. The Bertz CT molecular complexity index is 3420. The number of hydrogen-bond donors (Lipinski definition) is 0. The van der Waals surface area contributed by atoms with Gasteiger partial charge in [-0.2, -0.15) is 0 Å². The zero-order valence-corrected chi connectivity index (χ0v) is 33.7. The molecule has 61 heavy (non-hydrogen) atoms. The van der Waals surface area contributed by atoms with Crippen molar-refractivity contribution in [2.45, 2.75) is 19.3 Å². The van der Waals surface area contributed by atoms with E-state index in [2.05, 4.69) is 212 Å². The molecule has 290 valence electrons. The van der Waals surface area contributed by atoms with Crippen LogP contribution in [-0.4, -0.2) is 4.98 Å².